The monoisotopic (exact) mass is 238 g/mol. The van der Waals surface area contributed by atoms with Gasteiger partial charge in [-0.3, -0.25) is 4.79 Å². The van der Waals surface area contributed by atoms with Crippen molar-refractivity contribution in [1.29, 1.82) is 0 Å². The van der Waals surface area contributed by atoms with Crippen LogP contribution in [0, 0.1) is 0 Å². The molecule has 0 aliphatic carbocycles. The van der Waals surface area contributed by atoms with Crippen LogP contribution in [0.15, 0.2) is 22.2 Å². The van der Waals surface area contributed by atoms with Gasteiger partial charge in [0, 0.05) is 16.5 Å². The Bertz CT molecular complexity index is 510. The number of carboxylic acid groups (broad SMARTS) is 1. The molecule has 0 radical (unpaired) electrons. The van der Waals surface area contributed by atoms with Crippen molar-refractivity contribution in [2.24, 2.45) is 0 Å². The van der Waals surface area contributed by atoms with Crippen LogP contribution in [0.5, 0.6) is 0 Å². The fraction of sp³-hybridized carbons (Fsp3) is 0. The Hall–Kier alpha value is -1.46. The zero-order valence-corrected chi connectivity index (χ0v) is 9.10. The van der Waals surface area contributed by atoms with Gasteiger partial charge < -0.3 is 5.11 Å². The van der Waals surface area contributed by atoms with E-state index >= 15 is 0 Å². The van der Waals surface area contributed by atoms with E-state index in [2.05, 4.69) is 0 Å². The van der Waals surface area contributed by atoms with Crippen molar-refractivity contribution in [3.63, 3.8) is 0 Å². The molecule has 0 bridgehead atoms. The Morgan fingerprint density at radius 2 is 2.13 bits per heavy atom. The maximum Gasteiger partial charge on any atom is 0.337 e. The number of rotatable bonds is 3. The predicted octanol–water partition coefficient (Wildman–Crippen LogP) is 2.99. The Morgan fingerprint density at radius 3 is 2.80 bits per heavy atom. The molecular formula is C10H6O3S2. The third kappa shape index (κ3) is 1.71. The van der Waals surface area contributed by atoms with Crippen molar-refractivity contribution in [2.75, 3.05) is 0 Å². The highest BCUT2D eigenvalue weighted by Gasteiger charge is 2.15. The van der Waals surface area contributed by atoms with E-state index in [0.29, 0.717) is 16.0 Å². The minimum Gasteiger partial charge on any atom is -0.478 e. The van der Waals surface area contributed by atoms with Gasteiger partial charge in [-0.15, -0.1) is 11.3 Å². The van der Waals surface area contributed by atoms with Crippen LogP contribution in [0.4, 0.5) is 0 Å². The van der Waals surface area contributed by atoms with Crippen LogP contribution in [-0.4, -0.2) is 17.4 Å². The molecule has 0 aromatic carbocycles. The molecular weight excluding hydrogens is 232 g/mol. The zero-order valence-electron chi connectivity index (χ0n) is 7.47. The minimum absolute atomic E-state index is 0.251. The van der Waals surface area contributed by atoms with Gasteiger partial charge in [0.05, 0.1) is 10.4 Å². The van der Waals surface area contributed by atoms with Crippen molar-refractivity contribution in [3.05, 3.63) is 32.6 Å². The molecule has 0 atom stereocenters. The third-order valence-corrected chi connectivity index (χ3v) is 3.57. The lowest BCUT2D eigenvalue weighted by Gasteiger charge is -1.97. The Labute approximate surface area is 93.6 Å². The average Bonchev–Trinajstić information content (AvgIpc) is 2.85. The summed E-state index contributed by atoms with van der Waals surface area (Å²) in [7, 11) is 0. The molecule has 15 heavy (non-hydrogen) atoms. The first kappa shape index (κ1) is 10.1. The second-order valence-electron chi connectivity index (χ2n) is 2.82. The standard InChI is InChI=1S/C10H6O3S2/c11-3-9-6(1-2-15-9)7-4-14-5-8(7)10(12)13/h1-5H,(H,12,13). The quantitative estimate of drug-likeness (QED) is 0.836. The molecule has 0 unspecified atom stereocenters. The molecule has 0 amide bonds. The van der Waals surface area contributed by atoms with Gasteiger partial charge in [0.2, 0.25) is 0 Å². The summed E-state index contributed by atoms with van der Waals surface area (Å²) >= 11 is 2.63. The van der Waals surface area contributed by atoms with Crippen LogP contribution in [-0.2, 0) is 0 Å². The van der Waals surface area contributed by atoms with Gasteiger partial charge in [-0.2, -0.15) is 11.3 Å². The van der Waals surface area contributed by atoms with Crippen LogP contribution in [0.25, 0.3) is 11.1 Å². The fourth-order valence-corrected chi connectivity index (χ4v) is 2.84. The van der Waals surface area contributed by atoms with E-state index < -0.39 is 5.97 Å². The second-order valence-corrected chi connectivity index (χ2v) is 4.51. The molecule has 2 heterocycles. The van der Waals surface area contributed by atoms with Crippen molar-refractivity contribution < 1.29 is 14.7 Å². The van der Waals surface area contributed by atoms with Crippen molar-refractivity contribution >= 4 is 34.9 Å². The van der Waals surface area contributed by atoms with Crippen LogP contribution in [0.2, 0.25) is 0 Å². The van der Waals surface area contributed by atoms with E-state index in [1.54, 1.807) is 22.2 Å². The molecule has 2 aromatic heterocycles. The Kier molecular flexibility index (Phi) is 2.66. The Balaban J connectivity index is 2.58. The van der Waals surface area contributed by atoms with Crippen molar-refractivity contribution in [2.45, 2.75) is 0 Å². The number of carbonyl (C=O) groups excluding carboxylic acids is 1. The number of hydrogen-bond donors (Lipinski definition) is 1. The van der Waals surface area contributed by atoms with E-state index in [-0.39, 0.29) is 5.56 Å². The molecule has 2 aromatic rings. The highest BCUT2D eigenvalue weighted by molar-refractivity contribution is 7.12. The highest BCUT2D eigenvalue weighted by atomic mass is 32.1. The smallest absolute Gasteiger partial charge is 0.337 e. The molecule has 3 nitrogen and oxygen atoms in total. The summed E-state index contributed by atoms with van der Waals surface area (Å²) < 4.78 is 0. The lowest BCUT2D eigenvalue weighted by molar-refractivity contribution is 0.0698. The normalized spacial score (nSPS) is 10.1. The van der Waals surface area contributed by atoms with Gasteiger partial charge in [-0.1, -0.05) is 0 Å². The maximum absolute atomic E-state index is 10.9. The number of carboxylic acids is 1. The third-order valence-electron chi connectivity index (χ3n) is 1.98. The summed E-state index contributed by atoms with van der Waals surface area (Å²) in [6.45, 7) is 0. The van der Waals surface area contributed by atoms with Crippen LogP contribution < -0.4 is 0 Å². The fourth-order valence-electron chi connectivity index (χ4n) is 1.31. The summed E-state index contributed by atoms with van der Waals surface area (Å²) in [5.41, 5.74) is 1.58. The molecule has 1 N–H and O–H groups in total. The van der Waals surface area contributed by atoms with Gasteiger partial charge in [0.15, 0.2) is 6.29 Å². The molecule has 0 spiro atoms. The summed E-state index contributed by atoms with van der Waals surface area (Å²) in [5.74, 6) is -0.964. The van der Waals surface area contributed by atoms with Gasteiger partial charge in [0.1, 0.15) is 0 Å². The molecule has 0 saturated carbocycles. The van der Waals surface area contributed by atoms with Gasteiger partial charge >= 0.3 is 5.97 Å². The zero-order chi connectivity index (χ0) is 10.8. The van der Waals surface area contributed by atoms with E-state index in [9.17, 15) is 9.59 Å². The van der Waals surface area contributed by atoms with Crippen LogP contribution in [0.1, 0.15) is 20.0 Å². The molecule has 2 rings (SSSR count). The number of aromatic carboxylic acids is 1. The molecule has 5 heteroatoms. The predicted molar refractivity (Wildman–Crippen MR) is 60.0 cm³/mol. The van der Waals surface area contributed by atoms with Crippen molar-refractivity contribution in [3.8, 4) is 11.1 Å². The van der Waals surface area contributed by atoms with Crippen molar-refractivity contribution in [1.82, 2.24) is 0 Å². The van der Waals surface area contributed by atoms with E-state index in [1.165, 1.54) is 22.7 Å². The van der Waals surface area contributed by atoms with E-state index in [0.717, 1.165) is 6.29 Å². The molecule has 76 valence electrons. The number of carbonyl (C=O) groups is 2. The summed E-state index contributed by atoms with van der Waals surface area (Å²) in [6.07, 6.45) is 0.753. The number of aldehydes is 1. The van der Waals surface area contributed by atoms with E-state index in [1.807, 2.05) is 0 Å². The second kappa shape index (κ2) is 3.96. The first-order valence-electron chi connectivity index (χ1n) is 4.06. The summed E-state index contributed by atoms with van der Waals surface area (Å²) in [5, 5.41) is 14.0. The molecule has 0 fully saturated rings. The van der Waals surface area contributed by atoms with Gasteiger partial charge in [0.25, 0.3) is 0 Å². The minimum atomic E-state index is -0.964. The Morgan fingerprint density at radius 1 is 1.33 bits per heavy atom. The van der Waals surface area contributed by atoms with Crippen LogP contribution >= 0.6 is 22.7 Å². The number of thiophene rings is 2. The molecule has 0 aliphatic heterocycles. The molecule has 0 aliphatic rings. The maximum atomic E-state index is 10.9. The average molecular weight is 238 g/mol. The SMILES string of the molecule is O=Cc1sccc1-c1cscc1C(=O)O. The first-order chi connectivity index (χ1) is 7.24. The first-order valence-corrected chi connectivity index (χ1v) is 5.89. The lowest BCUT2D eigenvalue weighted by atomic mass is 10.1. The highest BCUT2D eigenvalue weighted by Crippen LogP contribution is 2.32. The molecule has 0 saturated heterocycles. The van der Waals surface area contributed by atoms with E-state index in [4.69, 9.17) is 5.11 Å². The van der Waals surface area contributed by atoms with Gasteiger partial charge in [-0.25, -0.2) is 4.79 Å². The summed E-state index contributed by atoms with van der Waals surface area (Å²) in [4.78, 5) is 22.2. The largest absolute Gasteiger partial charge is 0.478 e. The number of hydrogen-bond acceptors (Lipinski definition) is 4. The lowest BCUT2D eigenvalue weighted by Crippen LogP contribution is -1.96. The van der Waals surface area contributed by atoms with Crippen LogP contribution in [0.3, 0.4) is 0 Å². The summed E-state index contributed by atoms with van der Waals surface area (Å²) in [6, 6.07) is 1.77. The topological polar surface area (TPSA) is 54.4 Å². The van der Waals surface area contributed by atoms with Gasteiger partial charge in [-0.05, 0) is 16.8 Å².